The molecule has 0 saturated carbocycles. The fourth-order valence-electron chi connectivity index (χ4n) is 2.87. The number of aliphatic hydroxyl groups excluding tert-OH is 1. The van der Waals surface area contributed by atoms with Crippen LogP contribution in [0.1, 0.15) is 31.4 Å². The van der Waals surface area contributed by atoms with E-state index in [1.165, 1.54) is 12.1 Å². The van der Waals surface area contributed by atoms with Gasteiger partial charge in [0.25, 0.3) is 0 Å². The van der Waals surface area contributed by atoms with Crippen LogP contribution in [0.15, 0.2) is 59.0 Å². The zero-order valence-electron chi connectivity index (χ0n) is 17.1. The van der Waals surface area contributed by atoms with Gasteiger partial charge in [0.1, 0.15) is 0 Å². The van der Waals surface area contributed by atoms with Crippen molar-refractivity contribution in [2.24, 2.45) is 0 Å². The second kappa shape index (κ2) is 10.0. The number of carbonyl (C=O) groups excluding carboxylic acids is 1. The molecule has 0 aromatic heterocycles. The Bertz CT molecular complexity index is 1020. The average molecular weight is 468 g/mol. The maximum atomic E-state index is 13.0. The van der Waals surface area contributed by atoms with Crippen LogP contribution >= 0.6 is 24.2 Å². The minimum atomic E-state index is -3.35. The van der Waals surface area contributed by atoms with Gasteiger partial charge in [-0.3, -0.25) is 4.79 Å². The van der Waals surface area contributed by atoms with Crippen molar-refractivity contribution in [2.75, 3.05) is 19.4 Å². The summed E-state index contributed by atoms with van der Waals surface area (Å²) >= 11 is 10.5. The first-order valence-electron chi connectivity index (χ1n) is 9.33. The van der Waals surface area contributed by atoms with Crippen LogP contribution < -0.4 is 5.32 Å². The molecular weight excluding hydrogens is 442 g/mol. The molecule has 0 fully saturated rings. The molecule has 0 unspecified atom stereocenters. The number of hydrogen-bond acceptors (Lipinski definition) is 5. The third-order valence-corrected chi connectivity index (χ3v) is 5.86. The first kappa shape index (κ1) is 24.5. The van der Waals surface area contributed by atoms with E-state index in [0.29, 0.717) is 28.3 Å². The molecule has 162 valence electrons. The molecule has 0 atom stereocenters. The fraction of sp³-hybridized carbons (Fsp3) is 0.318. The van der Waals surface area contributed by atoms with Crippen LogP contribution in [0, 0.1) is 0 Å². The van der Waals surface area contributed by atoms with Crippen molar-refractivity contribution in [1.82, 2.24) is 5.32 Å². The molecule has 2 N–H and O–H groups in total. The molecule has 2 aromatic rings. The predicted octanol–water partition coefficient (Wildman–Crippen LogP) is 3.75. The first-order valence-corrected chi connectivity index (χ1v) is 12.0. The molecule has 0 radical (unpaired) electrons. The molecule has 0 spiro atoms. The fourth-order valence-corrected chi connectivity index (χ4v) is 3.70. The number of nitrogens with one attached hydrogen (secondary N) is 1. The lowest BCUT2D eigenvalue weighted by atomic mass is 9.91. The van der Waals surface area contributed by atoms with Gasteiger partial charge in [-0.1, -0.05) is 35.9 Å². The molecular formula is C22H26ClNO4S2. The van der Waals surface area contributed by atoms with E-state index in [0.717, 1.165) is 11.8 Å². The van der Waals surface area contributed by atoms with Crippen molar-refractivity contribution in [3.8, 4) is 0 Å². The zero-order chi connectivity index (χ0) is 22.5. The van der Waals surface area contributed by atoms with Gasteiger partial charge in [-0.2, -0.15) is 12.6 Å². The SMILES string of the molecule is CC(C)(S)CNC(=O)C(CCO)=C(c1ccc(Cl)cc1)c1ccc(S(C)(=O)=O)cc1. The highest BCUT2D eigenvalue weighted by Crippen LogP contribution is 2.30. The summed E-state index contributed by atoms with van der Waals surface area (Å²) in [5.41, 5.74) is 2.39. The Morgan fingerprint density at radius 3 is 2.00 bits per heavy atom. The molecule has 0 heterocycles. The van der Waals surface area contributed by atoms with Gasteiger partial charge in [-0.05, 0) is 54.8 Å². The van der Waals surface area contributed by atoms with E-state index >= 15 is 0 Å². The van der Waals surface area contributed by atoms with Crippen molar-refractivity contribution in [3.05, 3.63) is 70.3 Å². The smallest absolute Gasteiger partial charge is 0.247 e. The molecule has 0 saturated heterocycles. The monoisotopic (exact) mass is 467 g/mol. The number of hydrogen-bond donors (Lipinski definition) is 3. The minimum absolute atomic E-state index is 0.130. The highest BCUT2D eigenvalue weighted by atomic mass is 35.5. The number of thiol groups is 1. The molecule has 30 heavy (non-hydrogen) atoms. The van der Waals surface area contributed by atoms with Gasteiger partial charge in [0, 0.05) is 41.2 Å². The summed E-state index contributed by atoms with van der Waals surface area (Å²) < 4.78 is 23.2. The number of rotatable bonds is 8. The lowest BCUT2D eigenvalue weighted by Crippen LogP contribution is -2.36. The molecule has 0 bridgehead atoms. The second-order valence-corrected chi connectivity index (χ2v) is 11.3. The Morgan fingerprint density at radius 2 is 1.57 bits per heavy atom. The van der Waals surface area contributed by atoms with Gasteiger partial charge in [-0.15, -0.1) is 0 Å². The Balaban J connectivity index is 2.64. The number of carbonyl (C=O) groups is 1. The van der Waals surface area contributed by atoms with Gasteiger partial charge in [0.05, 0.1) is 4.90 Å². The minimum Gasteiger partial charge on any atom is -0.396 e. The third kappa shape index (κ3) is 6.87. The lowest BCUT2D eigenvalue weighted by molar-refractivity contribution is -0.117. The van der Waals surface area contributed by atoms with E-state index in [9.17, 15) is 18.3 Å². The standard InChI is InChI=1S/C22H26ClNO4S2/c1-22(2,29)14-24-21(26)19(12-13-25)20(15-4-8-17(23)9-5-15)16-6-10-18(11-7-16)30(3,27)28/h4-11,25,29H,12-14H2,1-3H3,(H,24,26). The Labute approximate surface area is 188 Å². The van der Waals surface area contributed by atoms with Crippen molar-refractivity contribution in [2.45, 2.75) is 29.9 Å². The van der Waals surface area contributed by atoms with Crippen LogP contribution in [0.2, 0.25) is 5.02 Å². The summed E-state index contributed by atoms with van der Waals surface area (Å²) in [6, 6.07) is 13.3. The summed E-state index contributed by atoms with van der Waals surface area (Å²) in [5, 5.41) is 13.0. The van der Waals surface area contributed by atoms with Crippen LogP contribution in [-0.4, -0.2) is 43.6 Å². The maximum absolute atomic E-state index is 13.0. The number of benzene rings is 2. The van der Waals surface area contributed by atoms with Crippen LogP contribution in [0.4, 0.5) is 0 Å². The normalized spacial score (nSPS) is 13.0. The van der Waals surface area contributed by atoms with E-state index in [1.54, 1.807) is 36.4 Å². The Morgan fingerprint density at radius 1 is 1.07 bits per heavy atom. The summed E-state index contributed by atoms with van der Waals surface area (Å²) in [4.78, 5) is 13.2. The van der Waals surface area contributed by atoms with Crippen molar-refractivity contribution in [1.29, 1.82) is 0 Å². The number of aliphatic hydroxyl groups is 1. The van der Waals surface area contributed by atoms with Crippen LogP contribution in [-0.2, 0) is 14.6 Å². The topological polar surface area (TPSA) is 83.5 Å². The van der Waals surface area contributed by atoms with Crippen molar-refractivity contribution >= 4 is 45.5 Å². The lowest BCUT2D eigenvalue weighted by Gasteiger charge is -2.21. The molecule has 0 aliphatic rings. The molecule has 2 rings (SSSR count). The molecule has 8 heteroatoms. The van der Waals surface area contributed by atoms with Crippen LogP contribution in [0.5, 0.6) is 0 Å². The molecule has 0 aliphatic carbocycles. The predicted molar refractivity (Wildman–Crippen MR) is 125 cm³/mol. The summed E-state index contributed by atoms with van der Waals surface area (Å²) in [5.74, 6) is -0.316. The molecule has 2 aromatic carbocycles. The quantitative estimate of drug-likeness (QED) is 0.408. The summed E-state index contributed by atoms with van der Waals surface area (Å²) in [6.45, 7) is 3.89. The summed E-state index contributed by atoms with van der Waals surface area (Å²) in [7, 11) is -3.35. The largest absolute Gasteiger partial charge is 0.396 e. The second-order valence-electron chi connectivity index (χ2n) is 7.63. The van der Waals surface area contributed by atoms with Gasteiger partial charge in [0.2, 0.25) is 5.91 Å². The first-order chi connectivity index (χ1) is 13.9. The van der Waals surface area contributed by atoms with Gasteiger partial charge in [-0.25, -0.2) is 8.42 Å². The molecule has 5 nitrogen and oxygen atoms in total. The number of halogens is 1. The highest BCUT2D eigenvalue weighted by Gasteiger charge is 2.21. The van der Waals surface area contributed by atoms with E-state index in [1.807, 2.05) is 13.8 Å². The van der Waals surface area contributed by atoms with Crippen LogP contribution in [0.25, 0.3) is 5.57 Å². The van der Waals surface area contributed by atoms with Gasteiger partial charge < -0.3 is 10.4 Å². The summed E-state index contributed by atoms with van der Waals surface area (Å²) in [6.07, 6.45) is 1.27. The molecule has 1 amide bonds. The zero-order valence-corrected chi connectivity index (χ0v) is 19.6. The van der Waals surface area contributed by atoms with E-state index < -0.39 is 14.6 Å². The van der Waals surface area contributed by atoms with Gasteiger partial charge >= 0.3 is 0 Å². The average Bonchev–Trinajstić information content (AvgIpc) is 2.66. The third-order valence-electron chi connectivity index (χ3n) is 4.32. The van der Waals surface area contributed by atoms with Gasteiger partial charge in [0.15, 0.2) is 9.84 Å². The Kier molecular flexibility index (Phi) is 8.16. The number of amides is 1. The van der Waals surface area contributed by atoms with E-state index in [4.69, 9.17) is 11.6 Å². The molecule has 0 aliphatic heterocycles. The number of sulfone groups is 1. The van der Waals surface area contributed by atoms with Crippen LogP contribution in [0.3, 0.4) is 0 Å². The van der Waals surface area contributed by atoms with Crippen molar-refractivity contribution in [3.63, 3.8) is 0 Å². The van der Waals surface area contributed by atoms with E-state index in [-0.39, 0.29) is 23.8 Å². The Hall–Kier alpha value is -1.80. The van der Waals surface area contributed by atoms with E-state index in [2.05, 4.69) is 17.9 Å². The van der Waals surface area contributed by atoms with Crippen molar-refractivity contribution < 1.29 is 18.3 Å². The maximum Gasteiger partial charge on any atom is 0.247 e. The highest BCUT2D eigenvalue weighted by molar-refractivity contribution is 7.90.